The van der Waals surface area contributed by atoms with E-state index >= 15 is 0 Å². The summed E-state index contributed by atoms with van der Waals surface area (Å²) in [5.74, 6) is 0.330. The summed E-state index contributed by atoms with van der Waals surface area (Å²) in [5, 5.41) is 3.24. The van der Waals surface area contributed by atoms with E-state index in [1.165, 1.54) is 25.7 Å². The normalized spacial score (nSPS) is 13.0. The fourth-order valence-corrected chi connectivity index (χ4v) is 2.06. The van der Waals surface area contributed by atoms with Crippen LogP contribution in [0.1, 0.15) is 17.2 Å². The minimum atomic E-state index is -4.40. The number of anilines is 1. The largest absolute Gasteiger partial charge is 0.416 e. The van der Waals surface area contributed by atoms with Crippen molar-refractivity contribution in [2.45, 2.75) is 12.2 Å². The zero-order valence-electron chi connectivity index (χ0n) is 11.6. The number of nitrogens with one attached hydrogen (secondary N) is 1. The molecule has 1 aromatic carbocycles. The van der Waals surface area contributed by atoms with Gasteiger partial charge in [-0.05, 0) is 17.7 Å². The van der Waals surface area contributed by atoms with E-state index in [1.54, 1.807) is 6.07 Å². The molecule has 1 atom stereocenters. The molecule has 1 N–H and O–H groups in total. The van der Waals surface area contributed by atoms with E-state index in [1.807, 2.05) is 0 Å². The fourth-order valence-electron chi connectivity index (χ4n) is 1.90. The number of hydrogen-bond acceptors (Lipinski definition) is 4. The number of nitrogens with zero attached hydrogens (tertiary/aromatic N) is 2. The molecule has 0 amide bonds. The quantitative estimate of drug-likeness (QED) is 0.901. The second-order valence-electron chi connectivity index (χ2n) is 4.49. The summed E-state index contributed by atoms with van der Waals surface area (Å²) < 4.78 is 43.5. The lowest BCUT2D eigenvalue weighted by Crippen LogP contribution is -2.18. The van der Waals surface area contributed by atoms with E-state index in [0.29, 0.717) is 11.4 Å². The minimum absolute atomic E-state index is 0.154. The first-order valence-electron chi connectivity index (χ1n) is 6.30. The van der Waals surface area contributed by atoms with Crippen LogP contribution in [0.2, 0.25) is 5.02 Å². The molecule has 0 bridgehead atoms. The predicted octanol–water partition coefficient (Wildman–Crippen LogP) is 3.95. The summed E-state index contributed by atoms with van der Waals surface area (Å²) in [4.78, 5) is 7.72. The van der Waals surface area contributed by atoms with Crippen LogP contribution < -0.4 is 5.32 Å². The van der Waals surface area contributed by atoms with Crippen molar-refractivity contribution in [3.63, 3.8) is 0 Å². The minimum Gasteiger partial charge on any atom is -0.382 e. The molecule has 4 nitrogen and oxygen atoms in total. The van der Waals surface area contributed by atoms with Crippen molar-refractivity contribution >= 4 is 17.4 Å². The molecule has 1 unspecified atom stereocenters. The molecule has 2 rings (SSSR count). The van der Waals surface area contributed by atoms with Gasteiger partial charge in [-0.1, -0.05) is 23.7 Å². The summed E-state index contributed by atoms with van der Waals surface area (Å²) >= 11 is 5.95. The van der Waals surface area contributed by atoms with Crippen molar-refractivity contribution < 1.29 is 17.9 Å². The summed E-state index contributed by atoms with van der Waals surface area (Å²) in [7, 11) is 1.46. The second kappa shape index (κ2) is 6.93. The van der Waals surface area contributed by atoms with Gasteiger partial charge in [0.1, 0.15) is 17.2 Å². The third kappa shape index (κ3) is 4.08. The van der Waals surface area contributed by atoms with Gasteiger partial charge in [0.15, 0.2) is 0 Å². The van der Waals surface area contributed by atoms with Gasteiger partial charge in [0.2, 0.25) is 0 Å². The van der Waals surface area contributed by atoms with Crippen molar-refractivity contribution in [1.82, 2.24) is 9.97 Å². The molecule has 0 saturated heterocycles. The van der Waals surface area contributed by atoms with Crippen LogP contribution in [-0.4, -0.2) is 23.7 Å². The summed E-state index contributed by atoms with van der Waals surface area (Å²) in [6.07, 6.45) is -1.71. The Morgan fingerprint density at radius 1 is 1.36 bits per heavy atom. The topological polar surface area (TPSA) is 47.0 Å². The molecule has 1 heterocycles. The van der Waals surface area contributed by atoms with Crippen LogP contribution in [0, 0.1) is 0 Å². The Balaban J connectivity index is 2.30. The molecule has 2 aromatic rings. The molecule has 0 fully saturated rings. The zero-order valence-corrected chi connectivity index (χ0v) is 12.3. The van der Waals surface area contributed by atoms with Crippen LogP contribution in [0.5, 0.6) is 0 Å². The van der Waals surface area contributed by atoms with Crippen LogP contribution in [0.3, 0.4) is 0 Å². The number of methoxy groups -OCH3 is 1. The van der Waals surface area contributed by atoms with Gasteiger partial charge in [0, 0.05) is 7.11 Å². The molecule has 0 aliphatic heterocycles. The number of ether oxygens (including phenoxy) is 1. The van der Waals surface area contributed by atoms with Crippen LogP contribution in [0.25, 0.3) is 0 Å². The maximum Gasteiger partial charge on any atom is 0.416 e. The molecule has 0 aliphatic rings. The Morgan fingerprint density at radius 2 is 2.14 bits per heavy atom. The Hall–Kier alpha value is -1.86. The van der Waals surface area contributed by atoms with Gasteiger partial charge in [-0.25, -0.2) is 9.97 Å². The first-order chi connectivity index (χ1) is 10.4. The maximum absolute atomic E-state index is 12.8. The Labute approximate surface area is 130 Å². The van der Waals surface area contributed by atoms with Crippen molar-refractivity contribution in [2.24, 2.45) is 0 Å². The number of benzene rings is 1. The zero-order chi connectivity index (χ0) is 16.2. The molecular formula is C14H13ClF3N3O. The van der Waals surface area contributed by atoms with Gasteiger partial charge in [-0.15, -0.1) is 0 Å². The van der Waals surface area contributed by atoms with Crippen molar-refractivity contribution in [3.8, 4) is 0 Å². The smallest absolute Gasteiger partial charge is 0.382 e. The lowest BCUT2D eigenvalue weighted by Gasteiger charge is -2.20. The van der Waals surface area contributed by atoms with Gasteiger partial charge in [0.25, 0.3) is 0 Å². The van der Waals surface area contributed by atoms with Crippen molar-refractivity contribution in [2.75, 3.05) is 19.0 Å². The second-order valence-corrected chi connectivity index (χ2v) is 4.90. The first-order valence-corrected chi connectivity index (χ1v) is 6.67. The van der Waals surface area contributed by atoms with Gasteiger partial charge in [-0.3, -0.25) is 0 Å². The first kappa shape index (κ1) is 16.5. The third-order valence-electron chi connectivity index (χ3n) is 2.93. The van der Waals surface area contributed by atoms with Gasteiger partial charge < -0.3 is 10.1 Å². The van der Waals surface area contributed by atoms with E-state index < -0.39 is 17.8 Å². The van der Waals surface area contributed by atoms with E-state index in [-0.39, 0.29) is 11.6 Å². The van der Waals surface area contributed by atoms with E-state index in [0.717, 1.165) is 12.1 Å². The Morgan fingerprint density at radius 3 is 2.77 bits per heavy atom. The summed E-state index contributed by atoms with van der Waals surface area (Å²) in [5.41, 5.74) is -0.298. The molecule has 0 saturated carbocycles. The maximum atomic E-state index is 12.8. The lowest BCUT2D eigenvalue weighted by atomic mass is 10.0. The Bertz CT molecular complexity index is 637. The van der Waals surface area contributed by atoms with Gasteiger partial charge >= 0.3 is 6.18 Å². The molecule has 0 radical (unpaired) electrons. The van der Waals surface area contributed by atoms with Crippen molar-refractivity contribution in [1.29, 1.82) is 0 Å². The monoisotopic (exact) mass is 331 g/mol. The van der Waals surface area contributed by atoms with E-state index in [4.69, 9.17) is 16.3 Å². The fraction of sp³-hybridized carbons (Fsp3) is 0.286. The molecule has 8 heteroatoms. The van der Waals surface area contributed by atoms with Crippen LogP contribution >= 0.6 is 11.6 Å². The Kier molecular flexibility index (Phi) is 5.20. The van der Waals surface area contributed by atoms with Crippen LogP contribution in [0.4, 0.5) is 19.0 Å². The molecule has 0 aliphatic carbocycles. The highest BCUT2D eigenvalue weighted by atomic mass is 35.5. The van der Waals surface area contributed by atoms with E-state index in [2.05, 4.69) is 15.3 Å². The van der Waals surface area contributed by atoms with Gasteiger partial charge in [0.05, 0.1) is 24.4 Å². The molecular weight excluding hydrogens is 319 g/mol. The number of hydrogen-bond donors (Lipinski definition) is 1. The summed E-state index contributed by atoms with van der Waals surface area (Å²) in [6.45, 7) is 0.154. The van der Waals surface area contributed by atoms with E-state index in [9.17, 15) is 13.2 Å². The lowest BCUT2D eigenvalue weighted by molar-refractivity contribution is -0.137. The average Bonchev–Trinajstić information content (AvgIpc) is 2.48. The number of rotatable bonds is 5. The predicted molar refractivity (Wildman–Crippen MR) is 76.7 cm³/mol. The van der Waals surface area contributed by atoms with Crippen LogP contribution in [0.15, 0.2) is 36.8 Å². The average molecular weight is 332 g/mol. The molecule has 0 spiro atoms. The number of alkyl halides is 3. The highest BCUT2D eigenvalue weighted by molar-refractivity contribution is 6.32. The highest BCUT2D eigenvalue weighted by Crippen LogP contribution is 2.32. The SMILES string of the molecule is COCC(Nc1ncncc1Cl)c1cccc(C(F)(F)F)c1. The van der Waals surface area contributed by atoms with Crippen LogP contribution in [-0.2, 0) is 10.9 Å². The summed E-state index contributed by atoms with van der Waals surface area (Å²) in [6, 6.07) is 4.50. The molecule has 118 valence electrons. The van der Waals surface area contributed by atoms with Gasteiger partial charge in [-0.2, -0.15) is 13.2 Å². The molecule has 22 heavy (non-hydrogen) atoms. The molecule has 1 aromatic heterocycles. The third-order valence-corrected chi connectivity index (χ3v) is 3.20. The number of aromatic nitrogens is 2. The standard InChI is InChI=1S/C14H13ClF3N3O/c1-22-7-12(21-13-11(15)6-19-8-20-13)9-3-2-4-10(5-9)14(16,17)18/h2-6,8,12H,7H2,1H3,(H,19,20,21). The number of halogens is 4. The van der Waals surface area contributed by atoms with Crippen molar-refractivity contribution in [3.05, 3.63) is 52.9 Å². The highest BCUT2D eigenvalue weighted by Gasteiger charge is 2.31.